The van der Waals surface area contributed by atoms with Gasteiger partial charge in [0.15, 0.2) is 0 Å². The van der Waals surface area contributed by atoms with E-state index in [9.17, 15) is 14.3 Å². The van der Waals surface area contributed by atoms with Crippen LogP contribution >= 0.6 is 0 Å². The summed E-state index contributed by atoms with van der Waals surface area (Å²) in [4.78, 5) is 21.5. The molecule has 0 saturated heterocycles. The van der Waals surface area contributed by atoms with Crippen LogP contribution in [-0.4, -0.2) is 45.0 Å². The minimum absolute atomic E-state index is 0.0773. The Labute approximate surface area is 160 Å². The summed E-state index contributed by atoms with van der Waals surface area (Å²) in [5.74, 6) is 1.32. The van der Waals surface area contributed by atoms with Gasteiger partial charge in [0.1, 0.15) is 24.2 Å². The molecule has 3 rings (SSSR count). The molecule has 2 aromatic heterocycles. The Hall–Kier alpha value is -3.25. The number of rotatable bonds is 7. The van der Waals surface area contributed by atoms with E-state index in [4.69, 9.17) is 16.4 Å². The van der Waals surface area contributed by atoms with Crippen molar-refractivity contribution in [3.8, 4) is 12.3 Å². The number of nitrogens with one attached hydrogen (secondary N) is 1. The predicted molar refractivity (Wildman–Crippen MR) is 99.7 cm³/mol. The fourth-order valence-electron chi connectivity index (χ4n) is 2.70. The number of carbonyl (C=O) groups excluding carboxylic acids is 1. The Morgan fingerprint density at radius 1 is 1.39 bits per heavy atom. The topological polar surface area (TPSA) is 96.6 Å². The number of hydroxylamine groups is 1. The number of aliphatic hydroxyl groups excluding tert-OH is 2. The largest absolute Gasteiger partial charge is 0.394 e. The molecule has 1 atom stereocenters. The van der Waals surface area contributed by atoms with Gasteiger partial charge in [-0.3, -0.25) is 14.6 Å². The molecule has 0 unspecified atom stereocenters. The fraction of sp³-hybridized carbons (Fsp3) is 0.200. The summed E-state index contributed by atoms with van der Waals surface area (Å²) in [6.45, 7) is -0.686. The third-order valence-electron chi connectivity index (χ3n) is 4.14. The fourth-order valence-corrected chi connectivity index (χ4v) is 2.70. The van der Waals surface area contributed by atoms with E-state index in [-0.39, 0.29) is 18.8 Å². The first kappa shape index (κ1) is 19.5. The first-order valence-corrected chi connectivity index (χ1v) is 8.42. The van der Waals surface area contributed by atoms with E-state index in [1.165, 1.54) is 6.07 Å². The molecule has 0 aliphatic rings. The van der Waals surface area contributed by atoms with Crippen molar-refractivity contribution in [1.29, 1.82) is 0 Å². The predicted octanol–water partition coefficient (Wildman–Crippen LogP) is 1.22. The van der Waals surface area contributed by atoms with Crippen LogP contribution in [0.1, 0.15) is 21.6 Å². The van der Waals surface area contributed by atoms with E-state index in [0.29, 0.717) is 16.6 Å². The lowest BCUT2D eigenvalue weighted by molar-refractivity contribution is -0.0298. The normalized spacial score (nSPS) is 11.9. The molecule has 2 heterocycles. The highest BCUT2D eigenvalue weighted by Gasteiger charge is 2.18. The number of amides is 1. The number of hydrogen-bond donors (Lipinski definition) is 3. The second kappa shape index (κ2) is 8.63. The van der Waals surface area contributed by atoms with Gasteiger partial charge in [-0.1, -0.05) is 12.0 Å². The van der Waals surface area contributed by atoms with Crippen molar-refractivity contribution >= 4 is 16.8 Å². The molecule has 8 heteroatoms. The lowest BCUT2D eigenvalue weighted by Crippen LogP contribution is -2.31. The van der Waals surface area contributed by atoms with Gasteiger partial charge in [-0.2, -0.15) is 0 Å². The molecule has 0 aliphatic carbocycles. The van der Waals surface area contributed by atoms with Crippen LogP contribution in [0.5, 0.6) is 0 Å². The Bertz CT molecular complexity index is 1040. The van der Waals surface area contributed by atoms with Crippen molar-refractivity contribution in [3.05, 3.63) is 65.4 Å². The van der Waals surface area contributed by atoms with Crippen molar-refractivity contribution in [3.63, 3.8) is 0 Å². The van der Waals surface area contributed by atoms with Gasteiger partial charge in [-0.05, 0) is 24.3 Å². The maximum Gasteiger partial charge on any atom is 0.291 e. The smallest absolute Gasteiger partial charge is 0.291 e. The standard InChI is InChI=1S/C20H18FN3O4/c1-2-13-3-4-15(17(21)7-13)10-24-18(8-14-5-6-22-9-19(14)24)20(27)23-28-12-16(26)11-25/h1,3-9,16,25-26H,10-12H2,(H,23,27)/t16-/m1/s1. The zero-order valence-electron chi connectivity index (χ0n) is 14.8. The molecule has 7 nitrogen and oxygen atoms in total. The molecule has 0 saturated carbocycles. The van der Waals surface area contributed by atoms with Crippen LogP contribution in [-0.2, 0) is 11.4 Å². The molecule has 1 aromatic carbocycles. The van der Waals surface area contributed by atoms with Gasteiger partial charge in [0, 0.05) is 22.7 Å². The summed E-state index contributed by atoms with van der Waals surface area (Å²) >= 11 is 0. The third kappa shape index (κ3) is 4.18. The number of carbonyl (C=O) groups is 1. The van der Waals surface area contributed by atoms with Crippen molar-refractivity contribution < 1.29 is 24.2 Å². The molecule has 0 fully saturated rings. The van der Waals surface area contributed by atoms with Gasteiger partial charge < -0.3 is 14.8 Å². The van der Waals surface area contributed by atoms with Crippen molar-refractivity contribution in [2.24, 2.45) is 0 Å². The van der Waals surface area contributed by atoms with Crippen molar-refractivity contribution in [2.75, 3.05) is 13.2 Å². The summed E-state index contributed by atoms with van der Waals surface area (Å²) in [7, 11) is 0. The number of hydrogen-bond acceptors (Lipinski definition) is 5. The molecule has 3 aromatic rings. The van der Waals surface area contributed by atoms with E-state index < -0.39 is 24.4 Å². The molecular weight excluding hydrogens is 365 g/mol. The molecule has 0 spiro atoms. The Morgan fingerprint density at radius 2 is 2.21 bits per heavy atom. The van der Waals surface area contributed by atoms with Crippen LogP contribution in [0.3, 0.4) is 0 Å². The van der Waals surface area contributed by atoms with Gasteiger partial charge in [0.2, 0.25) is 0 Å². The monoisotopic (exact) mass is 383 g/mol. The lowest BCUT2D eigenvalue weighted by atomic mass is 10.1. The number of aromatic nitrogens is 2. The number of pyridine rings is 1. The maximum atomic E-state index is 14.4. The van der Waals surface area contributed by atoms with Crippen LogP contribution in [0.25, 0.3) is 10.9 Å². The number of aliphatic hydroxyl groups is 2. The van der Waals surface area contributed by atoms with Crippen molar-refractivity contribution in [1.82, 2.24) is 15.0 Å². The summed E-state index contributed by atoms with van der Waals surface area (Å²) in [5.41, 5.74) is 3.86. The number of benzene rings is 1. The summed E-state index contributed by atoms with van der Waals surface area (Å²) in [6, 6.07) is 7.82. The molecule has 0 aliphatic heterocycles. The quantitative estimate of drug-likeness (QED) is 0.421. The lowest BCUT2D eigenvalue weighted by Gasteiger charge is -2.13. The summed E-state index contributed by atoms with van der Waals surface area (Å²) in [6.07, 6.45) is 7.35. The highest BCUT2D eigenvalue weighted by molar-refractivity contribution is 5.98. The minimum atomic E-state index is -1.11. The van der Waals surface area contributed by atoms with Gasteiger partial charge in [-0.15, -0.1) is 6.42 Å². The SMILES string of the molecule is C#Cc1ccc(Cn2c(C(=O)NOC[C@H](O)CO)cc3ccncc32)c(F)c1. The first-order valence-electron chi connectivity index (χ1n) is 8.42. The average molecular weight is 383 g/mol. The Balaban J connectivity index is 1.91. The Kier molecular flexibility index (Phi) is 6.01. The number of terminal acetylenes is 1. The van der Waals surface area contributed by atoms with E-state index in [0.717, 1.165) is 5.39 Å². The highest BCUT2D eigenvalue weighted by atomic mass is 19.1. The van der Waals surface area contributed by atoms with E-state index in [2.05, 4.69) is 16.4 Å². The van der Waals surface area contributed by atoms with Crippen LogP contribution in [0.2, 0.25) is 0 Å². The summed E-state index contributed by atoms with van der Waals surface area (Å²) < 4.78 is 16.0. The first-order chi connectivity index (χ1) is 13.5. The average Bonchev–Trinajstić information content (AvgIpc) is 3.07. The van der Waals surface area contributed by atoms with Crippen molar-refractivity contribution in [2.45, 2.75) is 12.6 Å². The number of nitrogens with zero attached hydrogens (tertiary/aromatic N) is 2. The van der Waals surface area contributed by atoms with Crippen LogP contribution in [0, 0.1) is 18.2 Å². The molecule has 144 valence electrons. The molecule has 1 amide bonds. The maximum absolute atomic E-state index is 14.4. The Morgan fingerprint density at radius 3 is 2.93 bits per heavy atom. The zero-order chi connectivity index (χ0) is 20.1. The number of halogens is 1. The minimum Gasteiger partial charge on any atom is -0.394 e. The zero-order valence-corrected chi connectivity index (χ0v) is 14.8. The van der Waals surface area contributed by atoms with Gasteiger partial charge in [0.05, 0.1) is 24.9 Å². The van der Waals surface area contributed by atoms with Crippen LogP contribution < -0.4 is 5.48 Å². The second-order valence-electron chi connectivity index (χ2n) is 6.08. The van der Waals surface area contributed by atoms with E-state index in [1.54, 1.807) is 41.2 Å². The molecule has 0 bridgehead atoms. The van der Waals surface area contributed by atoms with Gasteiger partial charge in [-0.25, -0.2) is 9.87 Å². The third-order valence-corrected chi connectivity index (χ3v) is 4.14. The van der Waals surface area contributed by atoms with Gasteiger partial charge >= 0.3 is 0 Å². The molecule has 0 radical (unpaired) electrons. The summed E-state index contributed by atoms with van der Waals surface area (Å²) in [5, 5.41) is 18.8. The highest BCUT2D eigenvalue weighted by Crippen LogP contribution is 2.22. The number of fused-ring (bicyclic) bond motifs is 1. The van der Waals surface area contributed by atoms with Crippen LogP contribution in [0.15, 0.2) is 42.7 Å². The molecular formula is C20H18FN3O4. The van der Waals surface area contributed by atoms with E-state index >= 15 is 0 Å². The second-order valence-corrected chi connectivity index (χ2v) is 6.08. The molecule has 28 heavy (non-hydrogen) atoms. The molecule has 3 N–H and O–H groups in total. The van der Waals surface area contributed by atoms with Crippen LogP contribution in [0.4, 0.5) is 4.39 Å². The van der Waals surface area contributed by atoms with Gasteiger partial charge in [0.25, 0.3) is 5.91 Å². The van der Waals surface area contributed by atoms with E-state index in [1.807, 2.05) is 0 Å².